The van der Waals surface area contributed by atoms with E-state index in [9.17, 15) is 4.79 Å². The molecule has 0 saturated heterocycles. The summed E-state index contributed by atoms with van der Waals surface area (Å²) in [6.45, 7) is 3.00. The number of methoxy groups -OCH3 is 2. The van der Waals surface area contributed by atoms with Gasteiger partial charge in [-0.2, -0.15) is 0 Å². The third kappa shape index (κ3) is 4.80. The van der Waals surface area contributed by atoms with Crippen LogP contribution >= 0.6 is 0 Å². The molecular weight excluding hydrogens is 340 g/mol. The van der Waals surface area contributed by atoms with Gasteiger partial charge in [0.25, 0.3) is 0 Å². The summed E-state index contributed by atoms with van der Waals surface area (Å²) < 4.78 is 10.8. The van der Waals surface area contributed by atoms with Crippen molar-refractivity contribution in [3.63, 3.8) is 0 Å². The van der Waals surface area contributed by atoms with Crippen LogP contribution in [0.15, 0.2) is 42.5 Å². The van der Waals surface area contributed by atoms with E-state index in [1.165, 1.54) is 11.1 Å². The lowest BCUT2D eigenvalue weighted by Crippen LogP contribution is -2.37. The molecule has 0 bridgehead atoms. The largest absolute Gasteiger partial charge is 0.493 e. The molecule has 2 aromatic rings. The highest BCUT2D eigenvalue weighted by Gasteiger charge is 2.22. The Balaban J connectivity index is 1.56. The third-order valence-corrected chi connectivity index (χ3v) is 5.07. The second kappa shape index (κ2) is 8.91. The van der Waals surface area contributed by atoms with Crippen LogP contribution in [0.2, 0.25) is 0 Å². The molecule has 5 nitrogen and oxygen atoms in total. The predicted octanol–water partition coefficient (Wildman–Crippen LogP) is 3.11. The van der Waals surface area contributed by atoms with Crippen molar-refractivity contribution in [2.45, 2.75) is 25.9 Å². The van der Waals surface area contributed by atoms with Crippen molar-refractivity contribution in [3.8, 4) is 11.5 Å². The molecule has 0 radical (unpaired) electrons. The van der Waals surface area contributed by atoms with Crippen molar-refractivity contribution >= 4 is 5.91 Å². The summed E-state index contributed by atoms with van der Waals surface area (Å²) in [6, 6.07) is 14.4. The van der Waals surface area contributed by atoms with Gasteiger partial charge >= 0.3 is 0 Å². The van der Waals surface area contributed by atoms with Crippen LogP contribution in [0.1, 0.15) is 23.1 Å². The Morgan fingerprint density at radius 3 is 2.41 bits per heavy atom. The minimum absolute atomic E-state index is 0.204. The fourth-order valence-electron chi connectivity index (χ4n) is 3.51. The molecule has 0 spiro atoms. The molecule has 0 atom stereocenters. The van der Waals surface area contributed by atoms with Crippen LogP contribution < -0.4 is 9.47 Å². The number of amides is 1. The van der Waals surface area contributed by atoms with Gasteiger partial charge in [-0.3, -0.25) is 4.79 Å². The first-order valence-electron chi connectivity index (χ1n) is 9.34. The quantitative estimate of drug-likeness (QED) is 0.753. The molecule has 1 aliphatic heterocycles. The van der Waals surface area contributed by atoms with Gasteiger partial charge < -0.3 is 19.3 Å². The molecule has 0 aliphatic carbocycles. The van der Waals surface area contributed by atoms with E-state index in [0.717, 1.165) is 37.4 Å². The number of fused-ring (bicyclic) bond motifs is 1. The molecule has 3 rings (SSSR count). The van der Waals surface area contributed by atoms with Crippen LogP contribution in [0.4, 0.5) is 0 Å². The maximum atomic E-state index is 12.7. The molecule has 1 heterocycles. The molecule has 2 aromatic carbocycles. The molecular formula is C22H28N2O3. The van der Waals surface area contributed by atoms with Gasteiger partial charge in [-0.05, 0) is 42.3 Å². The lowest BCUT2D eigenvalue weighted by atomic mass is 9.98. The number of ether oxygens (including phenoxy) is 2. The molecule has 0 aromatic heterocycles. The summed E-state index contributed by atoms with van der Waals surface area (Å²) in [5.74, 6) is 1.67. The van der Waals surface area contributed by atoms with Crippen molar-refractivity contribution in [1.82, 2.24) is 9.80 Å². The van der Waals surface area contributed by atoms with E-state index < -0.39 is 0 Å². The zero-order chi connectivity index (χ0) is 19.2. The standard InChI is InChI=1S/C22H28N2O3/c1-23(15-17-7-5-4-6-8-17)11-10-22(25)24-12-9-18-13-20(26-2)21(27-3)14-19(18)16-24/h4-8,13-14H,9-12,15-16H2,1-3H3. The number of carbonyl (C=O) groups excluding carboxylic acids is 1. The Bertz CT molecular complexity index is 777. The summed E-state index contributed by atoms with van der Waals surface area (Å²) in [5.41, 5.74) is 3.64. The van der Waals surface area contributed by atoms with Gasteiger partial charge in [0.2, 0.25) is 5.91 Å². The number of carbonyl (C=O) groups is 1. The fraction of sp³-hybridized carbons (Fsp3) is 0.409. The molecule has 27 heavy (non-hydrogen) atoms. The van der Waals surface area contributed by atoms with Crippen LogP contribution in [-0.4, -0.2) is 50.1 Å². The van der Waals surface area contributed by atoms with E-state index in [0.29, 0.717) is 18.7 Å². The first kappa shape index (κ1) is 19.2. The minimum atomic E-state index is 0.204. The summed E-state index contributed by atoms with van der Waals surface area (Å²) in [7, 11) is 5.34. The molecule has 0 saturated carbocycles. The van der Waals surface area contributed by atoms with E-state index in [1.54, 1.807) is 14.2 Å². The molecule has 144 valence electrons. The minimum Gasteiger partial charge on any atom is -0.493 e. The van der Waals surface area contributed by atoms with Crippen LogP contribution in [0.25, 0.3) is 0 Å². The molecule has 1 amide bonds. The predicted molar refractivity (Wildman–Crippen MR) is 106 cm³/mol. The second-order valence-electron chi connectivity index (χ2n) is 7.01. The summed E-state index contributed by atoms with van der Waals surface area (Å²) in [4.78, 5) is 16.8. The van der Waals surface area contributed by atoms with E-state index in [4.69, 9.17) is 9.47 Å². The third-order valence-electron chi connectivity index (χ3n) is 5.07. The van der Waals surface area contributed by atoms with Crippen LogP contribution in [0.3, 0.4) is 0 Å². The number of hydrogen-bond donors (Lipinski definition) is 0. The van der Waals surface area contributed by atoms with E-state index >= 15 is 0 Å². The zero-order valence-electron chi connectivity index (χ0n) is 16.4. The maximum Gasteiger partial charge on any atom is 0.224 e. The Hall–Kier alpha value is -2.53. The van der Waals surface area contributed by atoms with Gasteiger partial charge in [0.15, 0.2) is 11.5 Å². The fourth-order valence-corrected chi connectivity index (χ4v) is 3.51. The van der Waals surface area contributed by atoms with Crippen LogP contribution in [-0.2, 0) is 24.3 Å². The topological polar surface area (TPSA) is 42.0 Å². The van der Waals surface area contributed by atoms with Crippen molar-refractivity contribution in [2.75, 3.05) is 34.4 Å². The average Bonchev–Trinajstić information content (AvgIpc) is 2.71. The lowest BCUT2D eigenvalue weighted by molar-refractivity contribution is -0.132. The van der Waals surface area contributed by atoms with Crippen molar-refractivity contribution in [3.05, 3.63) is 59.2 Å². The summed E-state index contributed by atoms with van der Waals surface area (Å²) >= 11 is 0. The Labute approximate surface area is 161 Å². The highest BCUT2D eigenvalue weighted by atomic mass is 16.5. The van der Waals surface area contributed by atoms with Crippen LogP contribution in [0.5, 0.6) is 11.5 Å². The second-order valence-corrected chi connectivity index (χ2v) is 7.01. The molecule has 0 fully saturated rings. The van der Waals surface area contributed by atoms with Crippen LogP contribution in [0, 0.1) is 0 Å². The number of hydrogen-bond acceptors (Lipinski definition) is 4. The number of rotatable bonds is 7. The Morgan fingerprint density at radius 1 is 1.07 bits per heavy atom. The Kier molecular flexibility index (Phi) is 6.35. The van der Waals surface area contributed by atoms with Gasteiger partial charge in [-0.15, -0.1) is 0 Å². The monoisotopic (exact) mass is 368 g/mol. The Morgan fingerprint density at radius 2 is 1.74 bits per heavy atom. The lowest BCUT2D eigenvalue weighted by Gasteiger charge is -2.30. The summed E-state index contributed by atoms with van der Waals surface area (Å²) in [6.07, 6.45) is 1.38. The van der Waals surface area contributed by atoms with Gasteiger partial charge in [-0.1, -0.05) is 30.3 Å². The molecule has 5 heteroatoms. The van der Waals surface area contributed by atoms with Crippen molar-refractivity contribution in [1.29, 1.82) is 0 Å². The first-order valence-corrected chi connectivity index (χ1v) is 9.34. The van der Waals surface area contributed by atoms with Crippen molar-refractivity contribution < 1.29 is 14.3 Å². The SMILES string of the molecule is COc1cc2c(cc1OC)CN(C(=O)CCN(C)Cc1ccccc1)CC2. The molecule has 1 aliphatic rings. The highest BCUT2D eigenvalue weighted by molar-refractivity contribution is 5.76. The maximum absolute atomic E-state index is 12.7. The zero-order valence-corrected chi connectivity index (χ0v) is 16.4. The average molecular weight is 368 g/mol. The van der Waals surface area contributed by atoms with Gasteiger partial charge in [0, 0.05) is 32.6 Å². The summed E-state index contributed by atoms with van der Waals surface area (Å²) in [5, 5.41) is 0. The van der Waals surface area contributed by atoms with E-state index in [2.05, 4.69) is 24.1 Å². The highest BCUT2D eigenvalue weighted by Crippen LogP contribution is 2.33. The normalized spacial score (nSPS) is 13.4. The molecule has 0 unspecified atom stereocenters. The van der Waals surface area contributed by atoms with Gasteiger partial charge in [-0.25, -0.2) is 0 Å². The number of nitrogens with zero attached hydrogens (tertiary/aromatic N) is 2. The van der Waals surface area contributed by atoms with Gasteiger partial charge in [0.1, 0.15) is 0 Å². The van der Waals surface area contributed by atoms with E-state index in [1.807, 2.05) is 35.2 Å². The first-order chi connectivity index (χ1) is 13.1. The van der Waals surface area contributed by atoms with Crippen molar-refractivity contribution in [2.24, 2.45) is 0 Å². The number of benzene rings is 2. The van der Waals surface area contributed by atoms with E-state index in [-0.39, 0.29) is 5.91 Å². The molecule has 0 N–H and O–H groups in total. The van der Waals surface area contributed by atoms with Gasteiger partial charge in [0.05, 0.1) is 14.2 Å². The smallest absolute Gasteiger partial charge is 0.224 e.